The Balaban J connectivity index is 1.65. The number of hydrogen-bond acceptors (Lipinski definition) is 4. The van der Waals surface area contributed by atoms with Crippen molar-refractivity contribution < 1.29 is 9.21 Å². The quantitative estimate of drug-likeness (QED) is 0.447. The standard InChI is InChI=1S/C22H19BrN4O2/c1-13-4-5-16(22-26-24-12-29-22)11-20(13)25-21(28)19-10-14(2)27(15(19)3)18-8-6-17(23)7-9-18/h4-12H,1-3H3,(H,25,28). The third-order valence-electron chi connectivity index (χ3n) is 4.85. The van der Waals surface area contributed by atoms with Crippen LogP contribution in [0.25, 0.3) is 17.1 Å². The van der Waals surface area contributed by atoms with Crippen LogP contribution in [0.4, 0.5) is 5.69 Å². The maximum atomic E-state index is 13.1. The highest BCUT2D eigenvalue weighted by Gasteiger charge is 2.18. The number of amides is 1. The lowest BCUT2D eigenvalue weighted by Gasteiger charge is -2.11. The van der Waals surface area contributed by atoms with E-state index >= 15 is 0 Å². The molecule has 6 nitrogen and oxygen atoms in total. The number of anilines is 1. The van der Waals surface area contributed by atoms with E-state index in [2.05, 4.69) is 36.0 Å². The van der Waals surface area contributed by atoms with E-state index in [1.807, 2.05) is 69.3 Å². The smallest absolute Gasteiger partial charge is 0.257 e. The number of aromatic nitrogens is 3. The zero-order chi connectivity index (χ0) is 20.5. The van der Waals surface area contributed by atoms with Gasteiger partial charge in [-0.25, -0.2) is 0 Å². The predicted octanol–water partition coefficient (Wildman–Crippen LogP) is 5.47. The topological polar surface area (TPSA) is 73.0 Å². The summed E-state index contributed by atoms with van der Waals surface area (Å²) < 4.78 is 8.34. The number of nitrogens with one attached hydrogen (secondary N) is 1. The van der Waals surface area contributed by atoms with Gasteiger partial charge in [0.15, 0.2) is 0 Å². The molecule has 2 aromatic carbocycles. The van der Waals surface area contributed by atoms with Crippen molar-refractivity contribution in [2.45, 2.75) is 20.8 Å². The van der Waals surface area contributed by atoms with Gasteiger partial charge in [-0.05, 0) is 68.8 Å². The normalized spacial score (nSPS) is 10.9. The minimum Gasteiger partial charge on any atom is -0.423 e. The van der Waals surface area contributed by atoms with Gasteiger partial charge in [-0.1, -0.05) is 22.0 Å². The third-order valence-corrected chi connectivity index (χ3v) is 5.38. The number of nitrogens with zero attached hydrogens (tertiary/aromatic N) is 3. The monoisotopic (exact) mass is 450 g/mol. The molecule has 0 aliphatic heterocycles. The van der Waals surface area contributed by atoms with Crippen LogP contribution < -0.4 is 5.32 Å². The van der Waals surface area contributed by atoms with Crippen LogP contribution in [0.2, 0.25) is 0 Å². The van der Waals surface area contributed by atoms with E-state index < -0.39 is 0 Å². The van der Waals surface area contributed by atoms with E-state index in [0.717, 1.165) is 32.7 Å². The van der Waals surface area contributed by atoms with E-state index in [9.17, 15) is 4.79 Å². The molecule has 0 saturated heterocycles. The average Bonchev–Trinajstić information content (AvgIpc) is 3.33. The van der Waals surface area contributed by atoms with E-state index in [1.54, 1.807) is 0 Å². The van der Waals surface area contributed by atoms with Crippen LogP contribution in [0.3, 0.4) is 0 Å². The first-order chi connectivity index (χ1) is 13.9. The molecule has 2 heterocycles. The second-order valence-electron chi connectivity index (χ2n) is 6.82. The van der Waals surface area contributed by atoms with Crippen LogP contribution in [-0.2, 0) is 0 Å². The molecule has 0 spiro atoms. The number of carbonyl (C=O) groups is 1. The molecule has 2 aromatic heterocycles. The maximum Gasteiger partial charge on any atom is 0.257 e. The van der Waals surface area contributed by atoms with Crippen molar-refractivity contribution in [2.24, 2.45) is 0 Å². The van der Waals surface area contributed by atoms with Crippen LogP contribution in [0.15, 0.2) is 63.8 Å². The molecule has 1 N–H and O–H groups in total. The van der Waals surface area contributed by atoms with Crippen LogP contribution in [-0.4, -0.2) is 20.7 Å². The summed E-state index contributed by atoms with van der Waals surface area (Å²) in [6.07, 6.45) is 1.28. The molecule has 7 heteroatoms. The van der Waals surface area contributed by atoms with E-state index in [4.69, 9.17) is 4.42 Å². The number of aryl methyl sites for hydroxylation is 2. The van der Waals surface area contributed by atoms with Gasteiger partial charge in [0.25, 0.3) is 5.91 Å². The Morgan fingerprint density at radius 3 is 2.52 bits per heavy atom. The second-order valence-corrected chi connectivity index (χ2v) is 7.74. The molecule has 0 unspecified atom stereocenters. The first kappa shape index (κ1) is 19.1. The van der Waals surface area contributed by atoms with Gasteiger partial charge >= 0.3 is 0 Å². The Kier molecular flexibility index (Phi) is 5.07. The first-order valence-electron chi connectivity index (χ1n) is 9.07. The summed E-state index contributed by atoms with van der Waals surface area (Å²) in [5.74, 6) is 0.251. The largest absolute Gasteiger partial charge is 0.423 e. The SMILES string of the molecule is Cc1ccc(-c2nnco2)cc1NC(=O)c1cc(C)n(-c2ccc(Br)cc2)c1C. The van der Waals surface area contributed by atoms with Crippen LogP contribution in [0, 0.1) is 20.8 Å². The third kappa shape index (κ3) is 3.73. The van der Waals surface area contributed by atoms with Crippen molar-refractivity contribution in [1.82, 2.24) is 14.8 Å². The highest BCUT2D eigenvalue weighted by Crippen LogP contribution is 2.26. The van der Waals surface area contributed by atoms with Crippen LogP contribution >= 0.6 is 15.9 Å². The molecule has 4 rings (SSSR count). The summed E-state index contributed by atoms with van der Waals surface area (Å²) in [7, 11) is 0. The van der Waals surface area contributed by atoms with E-state index in [-0.39, 0.29) is 5.91 Å². The molecule has 0 atom stereocenters. The van der Waals surface area contributed by atoms with Gasteiger partial charge in [-0.15, -0.1) is 10.2 Å². The summed E-state index contributed by atoms with van der Waals surface area (Å²) in [6.45, 7) is 5.89. The fourth-order valence-corrected chi connectivity index (χ4v) is 3.62. The van der Waals surface area contributed by atoms with Gasteiger partial charge in [0.2, 0.25) is 12.3 Å². The van der Waals surface area contributed by atoms with Gasteiger partial charge in [0, 0.05) is 32.8 Å². The fourth-order valence-electron chi connectivity index (χ4n) is 3.36. The summed E-state index contributed by atoms with van der Waals surface area (Å²) in [5.41, 5.74) is 5.93. The fraction of sp³-hybridized carbons (Fsp3) is 0.136. The molecular weight excluding hydrogens is 432 g/mol. The molecule has 0 aliphatic rings. The van der Waals surface area contributed by atoms with Crippen LogP contribution in [0.1, 0.15) is 27.3 Å². The van der Waals surface area contributed by atoms with Gasteiger partial charge in [-0.3, -0.25) is 4.79 Å². The minimum absolute atomic E-state index is 0.160. The first-order valence-corrected chi connectivity index (χ1v) is 9.87. The van der Waals surface area contributed by atoms with Crippen molar-refractivity contribution in [3.63, 3.8) is 0 Å². The number of halogens is 1. The van der Waals surface area contributed by atoms with Crippen molar-refractivity contribution in [1.29, 1.82) is 0 Å². The zero-order valence-electron chi connectivity index (χ0n) is 16.2. The molecule has 4 aromatic rings. The maximum absolute atomic E-state index is 13.1. The molecule has 0 aliphatic carbocycles. The molecule has 1 amide bonds. The van der Waals surface area contributed by atoms with Gasteiger partial charge in [-0.2, -0.15) is 0 Å². The van der Waals surface area contributed by atoms with Crippen LogP contribution in [0.5, 0.6) is 0 Å². The minimum atomic E-state index is -0.160. The Hall–Kier alpha value is -3.19. The lowest BCUT2D eigenvalue weighted by Crippen LogP contribution is -2.14. The number of hydrogen-bond donors (Lipinski definition) is 1. The van der Waals surface area contributed by atoms with Crippen molar-refractivity contribution >= 4 is 27.5 Å². The highest BCUT2D eigenvalue weighted by molar-refractivity contribution is 9.10. The van der Waals surface area contributed by atoms with Crippen molar-refractivity contribution in [3.8, 4) is 17.1 Å². The summed E-state index contributed by atoms with van der Waals surface area (Å²) in [4.78, 5) is 13.1. The van der Waals surface area contributed by atoms with Crippen molar-refractivity contribution in [2.75, 3.05) is 5.32 Å². The Morgan fingerprint density at radius 2 is 1.83 bits per heavy atom. The Morgan fingerprint density at radius 1 is 1.07 bits per heavy atom. The lowest BCUT2D eigenvalue weighted by molar-refractivity contribution is 0.102. The van der Waals surface area contributed by atoms with E-state index in [0.29, 0.717) is 17.1 Å². The molecule has 0 bridgehead atoms. The lowest BCUT2D eigenvalue weighted by atomic mass is 10.1. The van der Waals surface area contributed by atoms with Gasteiger partial charge < -0.3 is 14.3 Å². The number of carbonyl (C=O) groups excluding carboxylic acids is 1. The second kappa shape index (κ2) is 7.67. The highest BCUT2D eigenvalue weighted by atomic mass is 79.9. The summed E-state index contributed by atoms with van der Waals surface area (Å²) in [5, 5.41) is 10.7. The zero-order valence-corrected chi connectivity index (χ0v) is 17.8. The average molecular weight is 451 g/mol. The van der Waals surface area contributed by atoms with Gasteiger partial charge in [0.1, 0.15) is 0 Å². The summed E-state index contributed by atoms with van der Waals surface area (Å²) in [6, 6.07) is 15.6. The molecule has 0 fully saturated rings. The molecule has 146 valence electrons. The molecular formula is C22H19BrN4O2. The number of benzene rings is 2. The Bertz CT molecular complexity index is 1180. The van der Waals surface area contributed by atoms with Gasteiger partial charge in [0.05, 0.1) is 5.56 Å². The van der Waals surface area contributed by atoms with Crippen molar-refractivity contribution in [3.05, 3.63) is 81.9 Å². The predicted molar refractivity (Wildman–Crippen MR) is 115 cm³/mol. The molecule has 0 radical (unpaired) electrons. The Labute approximate surface area is 176 Å². The summed E-state index contributed by atoms with van der Waals surface area (Å²) >= 11 is 3.46. The molecule has 29 heavy (non-hydrogen) atoms. The molecule has 0 saturated carbocycles. The van der Waals surface area contributed by atoms with E-state index in [1.165, 1.54) is 6.39 Å². The number of rotatable bonds is 4.